The Morgan fingerprint density at radius 2 is 1.79 bits per heavy atom. The predicted molar refractivity (Wildman–Crippen MR) is 124 cm³/mol. The Morgan fingerprint density at radius 1 is 1.18 bits per heavy atom. The summed E-state index contributed by atoms with van der Waals surface area (Å²) < 4.78 is 34.1. The van der Waals surface area contributed by atoms with E-state index in [1.54, 1.807) is 0 Å². The summed E-state index contributed by atoms with van der Waals surface area (Å²) in [5, 5.41) is 11.6. The first-order valence-electron chi connectivity index (χ1n) is 11.8. The quantitative estimate of drug-likeness (QED) is 0.404. The molecule has 34 heavy (non-hydrogen) atoms. The summed E-state index contributed by atoms with van der Waals surface area (Å²) in [5.74, 6) is 0.837. The number of benzene rings is 1. The molecule has 0 radical (unpaired) electrons. The van der Waals surface area contributed by atoms with Crippen molar-refractivity contribution in [1.82, 2.24) is 4.72 Å². The zero-order chi connectivity index (χ0) is 24.5. The molecule has 5 rings (SSSR count). The molecule has 1 amide bonds. The number of sulfonamides is 1. The topological polar surface area (TPSA) is 139 Å². The lowest BCUT2D eigenvalue weighted by atomic mass is 9.49. The van der Waals surface area contributed by atoms with Gasteiger partial charge in [0.25, 0.3) is 0 Å². The van der Waals surface area contributed by atoms with Crippen molar-refractivity contribution in [2.75, 3.05) is 11.9 Å². The number of aldehydes is 1. The molecular formula is C24H32N2O7S. The third-order valence-corrected chi connectivity index (χ3v) is 9.00. The average Bonchev–Trinajstić information content (AvgIpc) is 2.71. The molecule has 0 aromatic heterocycles. The van der Waals surface area contributed by atoms with E-state index in [1.807, 2.05) is 0 Å². The van der Waals surface area contributed by atoms with Gasteiger partial charge in [0, 0.05) is 18.7 Å². The maximum absolute atomic E-state index is 13.0. The Balaban J connectivity index is 1.52. The van der Waals surface area contributed by atoms with Crippen molar-refractivity contribution >= 4 is 33.9 Å². The molecule has 1 unspecified atom stereocenters. The first-order chi connectivity index (χ1) is 16.1. The maximum atomic E-state index is 13.0. The third-order valence-electron chi connectivity index (χ3n) is 7.47. The highest BCUT2D eigenvalue weighted by Gasteiger charge is 2.50. The molecular weight excluding hydrogens is 460 g/mol. The third kappa shape index (κ3) is 5.60. The van der Waals surface area contributed by atoms with Gasteiger partial charge in [-0.3, -0.25) is 9.59 Å². The van der Waals surface area contributed by atoms with E-state index in [4.69, 9.17) is 9.84 Å². The molecule has 4 aliphatic carbocycles. The molecule has 0 spiro atoms. The summed E-state index contributed by atoms with van der Waals surface area (Å²) in [4.78, 5) is 33.5. The van der Waals surface area contributed by atoms with Gasteiger partial charge in [0.15, 0.2) is 0 Å². The van der Waals surface area contributed by atoms with Gasteiger partial charge in [-0.15, -0.1) is 0 Å². The van der Waals surface area contributed by atoms with E-state index in [-0.39, 0.29) is 28.3 Å². The van der Waals surface area contributed by atoms with Gasteiger partial charge in [-0.1, -0.05) is 0 Å². The molecule has 186 valence electrons. The van der Waals surface area contributed by atoms with Crippen molar-refractivity contribution in [2.24, 2.45) is 23.2 Å². The summed E-state index contributed by atoms with van der Waals surface area (Å²) in [6, 6.07) is 2.76. The van der Waals surface area contributed by atoms with Gasteiger partial charge in [-0.05, 0) is 80.2 Å². The SMILES string of the molecule is CC(=O)Nc1ccc(S(=O)(=O)NC(C=O)CC(=O)O)c(OCCC23CC4CC(CC(C4)C2)C3)c1. The number of carboxylic acid groups (broad SMARTS) is 1. The number of carboxylic acids is 1. The first-order valence-corrected chi connectivity index (χ1v) is 13.3. The predicted octanol–water partition coefficient (Wildman–Crippen LogP) is 2.95. The molecule has 3 N–H and O–H groups in total. The number of rotatable bonds is 11. The molecule has 0 aliphatic heterocycles. The van der Waals surface area contributed by atoms with Crippen molar-refractivity contribution in [1.29, 1.82) is 0 Å². The number of hydrogen-bond donors (Lipinski definition) is 3. The van der Waals surface area contributed by atoms with Gasteiger partial charge in [0.05, 0.1) is 19.1 Å². The summed E-state index contributed by atoms with van der Waals surface area (Å²) in [5.41, 5.74) is 0.638. The van der Waals surface area contributed by atoms with Crippen LogP contribution in [0.25, 0.3) is 0 Å². The molecule has 1 aromatic rings. The number of carbonyl (C=O) groups excluding carboxylic acids is 2. The molecule has 4 aliphatic rings. The minimum absolute atomic E-state index is 0.0588. The Hall–Kier alpha value is -2.46. The lowest BCUT2D eigenvalue weighted by Crippen LogP contribution is -2.46. The molecule has 0 saturated heterocycles. The number of aliphatic carboxylic acids is 1. The number of hydrogen-bond acceptors (Lipinski definition) is 6. The summed E-state index contributed by atoms with van der Waals surface area (Å²) >= 11 is 0. The highest BCUT2D eigenvalue weighted by molar-refractivity contribution is 7.89. The second-order valence-electron chi connectivity index (χ2n) is 10.3. The fraction of sp³-hybridized carbons (Fsp3) is 0.625. The zero-order valence-corrected chi connectivity index (χ0v) is 20.1. The van der Waals surface area contributed by atoms with E-state index in [9.17, 15) is 22.8 Å². The first kappa shape index (κ1) is 24.7. The highest BCUT2D eigenvalue weighted by atomic mass is 32.2. The van der Waals surface area contributed by atoms with Crippen LogP contribution >= 0.6 is 0 Å². The fourth-order valence-electron chi connectivity index (χ4n) is 6.67. The minimum atomic E-state index is -4.25. The summed E-state index contributed by atoms with van der Waals surface area (Å²) in [6.45, 7) is 1.69. The number of amides is 1. The Kier molecular flexibility index (Phi) is 7.00. The van der Waals surface area contributed by atoms with E-state index in [0.29, 0.717) is 12.3 Å². The van der Waals surface area contributed by atoms with E-state index < -0.39 is 28.5 Å². The highest BCUT2D eigenvalue weighted by Crippen LogP contribution is 2.61. The van der Waals surface area contributed by atoms with Crippen molar-refractivity contribution in [3.8, 4) is 5.75 Å². The zero-order valence-electron chi connectivity index (χ0n) is 19.3. The van der Waals surface area contributed by atoms with Crippen LogP contribution in [0.1, 0.15) is 58.3 Å². The lowest BCUT2D eigenvalue weighted by Gasteiger charge is -2.57. The van der Waals surface area contributed by atoms with Crippen LogP contribution in [0.4, 0.5) is 5.69 Å². The van der Waals surface area contributed by atoms with E-state index in [1.165, 1.54) is 63.6 Å². The van der Waals surface area contributed by atoms with Gasteiger partial charge < -0.3 is 20.0 Å². The van der Waals surface area contributed by atoms with Crippen molar-refractivity contribution < 1.29 is 32.6 Å². The molecule has 9 nitrogen and oxygen atoms in total. The number of nitrogens with one attached hydrogen (secondary N) is 2. The van der Waals surface area contributed by atoms with Crippen LogP contribution < -0.4 is 14.8 Å². The van der Waals surface area contributed by atoms with Gasteiger partial charge >= 0.3 is 5.97 Å². The number of anilines is 1. The average molecular weight is 493 g/mol. The minimum Gasteiger partial charge on any atom is -0.492 e. The van der Waals surface area contributed by atoms with Crippen molar-refractivity contribution in [3.05, 3.63) is 18.2 Å². The molecule has 4 fully saturated rings. The molecule has 4 bridgehead atoms. The van der Waals surface area contributed by atoms with Crippen LogP contribution in [0.2, 0.25) is 0 Å². The smallest absolute Gasteiger partial charge is 0.305 e. The fourth-order valence-corrected chi connectivity index (χ4v) is 7.96. The Morgan fingerprint density at radius 3 is 2.32 bits per heavy atom. The second kappa shape index (κ2) is 9.65. The Bertz CT molecular complexity index is 1030. The summed E-state index contributed by atoms with van der Waals surface area (Å²) in [7, 11) is -4.25. The monoisotopic (exact) mass is 492 g/mol. The van der Waals surface area contributed by atoms with Crippen LogP contribution in [0.5, 0.6) is 5.75 Å². The standard InChI is InChI=1S/C24H32N2O7S/c1-15(28)25-19-2-3-22(34(31,32)26-20(14-27)10-23(29)30)21(9-19)33-5-4-24-11-16-6-17(12-24)8-18(7-16)13-24/h2-3,9,14,16-18,20,26H,4-8,10-13H2,1H3,(H,25,28)(H,29,30). The lowest BCUT2D eigenvalue weighted by molar-refractivity contribution is -0.138. The maximum Gasteiger partial charge on any atom is 0.305 e. The van der Waals surface area contributed by atoms with E-state index >= 15 is 0 Å². The van der Waals surface area contributed by atoms with Crippen molar-refractivity contribution in [2.45, 2.75) is 69.2 Å². The van der Waals surface area contributed by atoms with Gasteiger partial charge in [-0.2, -0.15) is 0 Å². The molecule has 0 heterocycles. The molecule has 10 heteroatoms. The van der Waals surface area contributed by atoms with Crippen molar-refractivity contribution in [3.63, 3.8) is 0 Å². The van der Waals surface area contributed by atoms with E-state index in [2.05, 4.69) is 10.0 Å². The van der Waals surface area contributed by atoms with Crippen LogP contribution in [-0.4, -0.2) is 44.3 Å². The molecule has 4 saturated carbocycles. The van der Waals surface area contributed by atoms with Crippen LogP contribution in [-0.2, 0) is 24.4 Å². The molecule has 1 atom stereocenters. The van der Waals surface area contributed by atoms with Crippen LogP contribution in [0.3, 0.4) is 0 Å². The van der Waals surface area contributed by atoms with Gasteiger partial charge in [0.2, 0.25) is 15.9 Å². The molecule has 1 aromatic carbocycles. The largest absolute Gasteiger partial charge is 0.492 e. The van der Waals surface area contributed by atoms with E-state index in [0.717, 1.165) is 24.2 Å². The normalized spacial score (nSPS) is 28.3. The van der Waals surface area contributed by atoms with Crippen LogP contribution in [0, 0.1) is 23.2 Å². The number of ether oxygens (including phenoxy) is 1. The van der Waals surface area contributed by atoms with Gasteiger partial charge in [0.1, 0.15) is 16.9 Å². The van der Waals surface area contributed by atoms with Gasteiger partial charge in [-0.25, -0.2) is 13.1 Å². The number of carbonyl (C=O) groups is 3. The second-order valence-corrected chi connectivity index (χ2v) is 12.0. The van der Waals surface area contributed by atoms with Crippen LogP contribution in [0.15, 0.2) is 23.1 Å². The Labute approximate surface area is 199 Å². The summed E-state index contributed by atoms with van der Waals surface area (Å²) in [6.07, 6.45) is 8.04.